The van der Waals surface area contributed by atoms with E-state index < -0.39 is 25.4 Å². The average Bonchev–Trinajstić information content (AvgIpc) is 3.22. The summed E-state index contributed by atoms with van der Waals surface area (Å²) in [7, 11) is -2.22. The second kappa shape index (κ2) is 9.07. The highest BCUT2D eigenvalue weighted by atomic mass is 32.2. The Morgan fingerprint density at radius 3 is 2.27 bits per heavy atom. The highest BCUT2D eigenvalue weighted by molar-refractivity contribution is 7.96. The monoisotopic (exact) mass is 487 g/mol. The molecule has 2 aliphatic rings. The van der Waals surface area contributed by atoms with Gasteiger partial charge in [0.2, 0.25) is 5.91 Å². The molecule has 0 bridgehead atoms. The van der Waals surface area contributed by atoms with Crippen molar-refractivity contribution in [2.45, 2.75) is 68.9 Å². The van der Waals surface area contributed by atoms with E-state index in [0.29, 0.717) is 12.4 Å². The number of hydrogen-bond acceptors (Lipinski definition) is 6. The number of para-hydroxylation sites is 1. The fourth-order valence-electron chi connectivity index (χ4n) is 4.09. The highest BCUT2D eigenvalue weighted by Crippen LogP contribution is 2.51. The minimum Gasteiger partial charge on any atom is -0.407 e. The molecule has 2 fully saturated rings. The number of carbonyl (C=O) groups excluding carboxylic acids is 1. The van der Waals surface area contributed by atoms with E-state index in [9.17, 15) is 4.79 Å². The first kappa shape index (κ1) is 24.3. The molecule has 0 saturated carbocycles. The van der Waals surface area contributed by atoms with E-state index in [1.807, 2.05) is 60.4 Å². The molecule has 33 heavy (non-hydrogen) atoms. The SMILES string of the molecule is CC12OCC(c3ccccc3)N1C(=O)C(SOOc1ccccc1)C2O[Si](C)(C)C(C)(C)C. The van der Waals surface area contributed by atoms with Gasteiger partial charge < -0.3 is 19.0 Å². The summed E-state index contributed by atoms with van der Waals surface area (Å²) in [5.74, 6) is 0.511. The van der Waals surface area contributed by atoms with Gasteiger partial charge >= 0.3 is 0 Å². The van der Waals surface area contributed by atoms with Crippen molar-refractivity contribution in [1.82, 2.24) is 4.90 Å². The van der Waals surface area contributed by atoms with Gasteiger partial charge in [-0.1, -0.05) is 69.3 Å². The van der Waals surface area contributed by atoms with Crippen molar-refractivity contribution in [2.24, 2.45) is 0 Å². The Labute approximate surface area is 201 Å². The largest absolute Gasteiger partial charge is 0.407 e. The van der Waals surface area contributed by atoms with E-state index in [1.54, 1.807) is 12.1 Å². The molecular formula is C25H33NO5SSi. The highest BCUT2D eigenvalue weighted by Gasteiger charge is 2.65. The summed E-state index contributed by atoms with van der Waals surface area (Å²) in [5.41, 5.74) is 0.161. The van der Waals surface area contributed by atoms with Crippen molar-refractivity contribution in [2.75, 3.05) is 6.61 Å². The molecule has 0 aromatic heterocycles. The van der Waals surface area contributed by atoms with Crippen molar-refractivity contribution in [3.63, 3.8) is 0 Å². The van der Waals surface area contributed by atoms with Gasteiger partial charge in [-0.25, -0.2) is 0 Å². The quantitative estimate of drug-likeness (QED) is 0.215. The smallest absolute Gasteiger partial charge is 0.243 e. The second-order valence-electron chi connectivity index (χ2n) is 10.3. The van der Waals surface area contributed by atoms with Crippen LogP contribution in [0.4, 0.5) is 0 Å². The van der Waals surface area contributed by atoms with Gasteiger partial charge in [0.05, 0.1) is 24.7 Å². The summed E-state index contributed by atoms with van der Waals surface area (Å²) >= 11 is 1.00. The van der Waals surface area contributed by atoms with Crippen LogP contribution in [-0.4, -0.2) is 42.8 Å². The fraction of sp³-hybridized carbons (Fsp3) is 0.480. The third-order valence-electron chi connectivity index (χ3n) is 7.04. The third kappa shape index (κ3) is 4.59. The van der Waals surface area contributed by atoms with Crippen LogP contribution in [0.15, 0.2) is 60.7 Å². The standard InChI is InChI=1S/C25H33NO5SSi/c1-24(2,3)33(5,6)30-22-21(32-31-29-19-15-11-8-12-16-19)23(27)26-20(17-28-25(22,26)4)18-13-9-7-10-14-18/h7-16,20-22H,17H2,1-6H3. The normalized spacial score (nSPS) is 27.6. The van der Waals surface area contributed by atoms with Gasteiger partial charge in [0.25, 0.3) is 0 Å². The first-order chi connectivity index (χ1) is 15.5. The molecule has 0 spiro atoms. The van der Waals surface area contributed by atoms with Crippen LogP contribution < -0.4 is 4.89 Å². The van der Waals surface area contributed by atoms with Gasteiger partial charge in [-0.2, -0.15) is 0 Å². The van der Waals surface area contributed by atoms with Crippen LogP contribution in [0.1, 0.15) is 39.3 Å². The van der Waals surface area contributed by atoms with Crippen LogP contribution in [0.2, 0.25) is 18.1 Å². The molecule has 4 rings (SSSR count). The molecule has 1 amide bonds. The van der Waals surface area contributed by atoms with Gasteiger partial charge in [-0.3, -0.25) is 4.79 Å². The van der Waals surface area contributed by atoms with Gasteiger partial charge in [-0.05, 0) is 42.8 Å². The van der Waals surface area contributed by atoms with E-state index >= 15 is 0 Å². The van der Waals surface area contributed by atoms with E-state index in [1.165, 1.54) is 0 Å². The Kier molecular flexibility index (Phi) is 6.68. The maximum atomic E-state index is 13.8. The summed E-state index contributed by atoms with van der Waals surface area (Å²) < 4.78 is 18.7. The topological polar surface area (TPSA) is 57.2 Å². The number of benzene rings is 2. The lowest BCUT2D eigenvalue weighted by molar-refractivity contribution is -0.141. The molecule has 0 radical (unpaired) electrons. The number of rotatable bonds is 7. The lowest BCUT2D eigenvalue weighted by Crippen LogP contribution is -2.54. The summed E-state index contributed by atoms with van der Waals surface area (Å²) in [4.78, 5) is 21.1. The first-order valence-corrected chi connectivity index (χ1v) is 15.0. The molecule has 0 aliphatic carbocycles. The van der Waals surface area contributed by atoms with Crippen LogP contribution >= 0.6 is 12.0 Å². The van der Waals surface area contributed by atoms with Gasteiger partial charge in [0.15, 0.2) is 19.8 Å². The van der Waals surface area contributed by atoms with Crippen molar-refractivity contribution in [3.05, 3.63) is 66.2 Å². The van der Waals surface area contributed by atoms with Crippen LogP contribution in [0.5, 0.6) is 5.75 Å². The second-order valence-corrected chi connectivity index (χ2v) is 15.9. The third-order valence-corrected chi connectivity index (χ3v) is 12.3. The van der Waals surface area contributed by atoms with Crippen molar-refractivity contribution >= 4 is 26.3 Å². The van der Waals surface area contributed by atoms with E-state index in [4.69, 9.17) is 18.4 Å². The van der Waals surface area contributed by atoms with Crippen LogP contribution in [0.25, 0.3) is 0 Å². The Balaban J connectivity index is 1.62. The zero-order valence-electron chi connectivity index (χ0n) is 20.1. The number of amides is 1. The molecule has 2 saturated heterocycles. The van der Waals surface area contributed by atoms with Crippen molar-refractivity contribution in [1.29, 1.82) is 0 Å². The van der Waals surface area contributed by atoms with Gasteiger partial charge in [0.1, 0.15) is 11.4 Å². The molecule has 4 unspecified atom stereocenters. The molecule has 2 aromatic carbocycles. The zero-order valence-corrected chi connectivity index (χ0v) is 21.9. The molecule has 178 valence electrons. The maximum Gasteiger partial charge on any atom is 0.243 e. The number of ether oxygens (including phenoxy) is 1. The number of carbonyl (C=O) groups is 1. The Morgan fingerprint density at radius 2 is 1.67 bits per heavy atom. The fourth-order valence-corrected chi connectivity index (χ4v) is 6.34. The first-order valence-electron chi connectivity index (χ1n) is 11.3. The van der Waals surface area contributed by atoms with E-state index in [0.717, 1.165) is 17.6 Å². The molecule has 8 heteroatoms. The maximum absolute atomic E-state index is 13.8. The lowest BCUT2D eigenvalue weighted by Gasteiger charge is -2.42. The summed E-state index contributed by atoms with van der Waals surface area (Å²) in [5, 5.41) is -0.632. The molecule has 6 nitrogen and oxygen atoms in total. The minimum atomic E-state index is -2.22. The predicted molar refractivity (Wildman–Crippen MR) is 132 cm³/mol. The molecule has 0 N–H and O–H groups in total. The Hall–Kier alpha value is -1.84. The lowest BCUT2D eigenvalue weighted by atomic mass is 10.1. The molecule has 2 heterocycles. The predicted octanol–water partition coefficient (Wildman–Crippen LogP) is 5.73. The molecule has 2 aromatic rings. The van der Waals surface area contributed by atoms with Gasteiger partial charge in [-0.15, -0.1) is 4.33 Å². The Morgan fingerprint density at radius 1 is 1.06 bits per heavy atom. The van der Waals surface area contributed by atoms with Crippen LogP contribution in [0, 0.1) is 0 Å². The Bertz CT molecular complexity index is 968. The number of hydrogen-bond donors (Lipinski definition) is 0. The van der Waals surface area contributed by atoms with E-state index in [-0.39, 0.29) is 17.0 Å². The summed E-state index contributed by atoms with van der Waals surface area (Å²) in [6.07, 6.45) is -0.496. The van der Waals surface area contributed by atoms with Gasteiger partial charge in [0, 0.05) is 0 Å². The van der Waals surface area contributed by atoms with Crippen molar-refractivity contribution < 1.29 is 23.2 Å². The zero-order chi connectivity index (χ0) is 23.9. The van der Waals surface area contributed by atoms with E-state index in [2.05, 4.69) is 33.9 Å². The molecule has 4 atom stereocenters. The van der Waals surface area contributed by atoms with Crippen molar-refractivity contribution in [3.8, 4) is 5.75 Å². The summed E-state index contributed by atoms with van der Waals surface area (Å²) in [6.45, 7) is 13.3. The average molecular weight is 488 g/mol. The summed E-state index contributed by atoms with van der Waals surface area (Å²) in [6, 6.07) is 19.1. The van der Waals surface area contributed by atoms with Crippen LogP contribution in [-0.2, 0) is 18.3 Å². The van der Waals surface area contributed by atoms with Crippen LogP contribution in [0.3, 0.4) is 0 Å². The number of nitrogens with zero attached hydrogens (tertiary/aromatic N) is 1. The number of fused-ring (bicyclic) bond motifs is 1. The molecular weight excluding hydrogens is 454 g/mol. The molecule has 2 aliphatic heterocycles. The minimum absolute atomic E-state index is 0.0200.